The second kappa shape index (κ2) is 5.80. The molecule has 3 aliphatic heterocycles. The number of hydrogen-bond donors (Lipinski definition) is 0. The van der Waals surface area contributed by atoms with Gasteiger partial charge in [0.1, 0.15) is 11.4 Å². The normalized spacial score (nSPS) is 28.5. The van der Waals surface area contributed by atoms with E-state index in [1.54, 1.807) is 0 Å². The van der Waals surface area contributed by atoms with E-state index in [1.807, 2.05) is 18.5 Å². The van der Waals surface area contributed by atoms with Crippen molar-refractivity contribution >= 4 is 0 Å². The number of likely N-dealkylation sites (tertiary alicyclic amines) is 1. The van der Waals surface area contributed by atoms with Gasteiger partial charge >= 0.3 is 0 Å². The van der Waals surface area contributed by atoms with E-state index < -0.39 is 0 Å². The Kier molecular flexibility index (Phi) is 3.63. The zero-order valence-electron chi connectivity index (χ0n) is 15.5. The van der Waals surface area contributed by atoms with Crippen molar-refractivity contribution in [1.82, 2.24) is 9.88 Å². The standard InChI is InChI=1S/C22H26N2O2/c1-21(2)18-11-22(13-24(14-22)12-16-7-9-23-10-8-16)15-25-20(18)17-5-3-4-6-19(17)26-21/h3-10,18,20H,11-15H2,1-2H3/t18-,20+/m0/s1. The Morgan fingerprint density at radius 1 is 1.12 bits per heavy atom. The number of ether oxygens (including phenoxy) is 2. The summed E-state index contributed by atoms with van der Waals surface area (Å²) in [5, 5.41) is 0. The lowest BCUT2D eigenvalue weighted by molar-refractivity contribution is -0.200. The first-order valence-corrected chi connectivity index (χ1v) is 9.56. The second-order valence-corrected chi connectivity index (χ2v) is 8.79. The van der Waals surface area contributed by atoms with Gasteiger partial charge < -0.3 is 9.47 Å². The van der Waals surface area contributed by atoms with E-state index in [0.29, 0.717) is 5.92 Å². The molecule has 2 saturated heterocycles. The number of pyridine rings is 1. The molecule has 4 nitrogen and oxygen atoms in total. The molecule has 1 aromatic heterocycles. The van der Waals surface area contributed by atoms with E-state index in [9.17, 15) is 0 Å². The zero-order valence-corrected chi connectivity index (χ0v) is 15.5. The van der Waals surface area contributed by atoms with Gasteiger partial charge in [-0.15, -0.1) is 0 Å². The molecule has 0 unspecified atom stereocenters. The van der Waals surface area contributed by atoms with E-state index in [2.05, 4.69) is 54.1 Å². The Balaban J connectivity index is 1.32. The highest BCUT2D eigenvalue weighted by molar-refractivity contribution is 5.39. The van der Waals surface area contributed by atoms with Crippen LogP contribution in [0.2, 0.25) is 0 Å². The van der Waals surface area contributed by atoms with Gasteiger partial charge in [-0.25, -0.2) is 0 Å². The number of rotatable bonds is 2. The number of hydrogen-bond acceptors (Lipinski definition) is 4. The molecule has 26 heavy (non-hydrogen) atoms. The Morgan fingerprint density at radius 3 is 2.69 bits per heavy atom. The summed E-state index contributed by atoms with van der Waals surface area (Å²) in [5.41, 5.74) is 2.64. The second-order valence-electron chi connectivity index (χ2n) is 8.79. The SMILES string of the molecule is CC1(C)Oc2ccccc2[C@H]2OCC3(C[C@@H]21)CN(Cc1ccncc1)C3. The minimum absolute atomic E-state index is 0.162. The average molecular weight is 350 g/mol. The molecule has 3 aliphatic rings. The monoisotopic (exact) mass is 350 g/mol. The molecule has 4 heterocycles. The molecule has 0 radical (unpaired) electrons. The van der Waals surface area contributed by atoms with Crippen molar-refractivity contribution in [2.24, 2.45) is 11.3 Å². The van der Waals surface area contributed by atoms with Crippen LogP contribution in [0.15, 0.2) is 48.8 Å². The van der Waals surface area contributed by atoms with Gasteiger partial charge in [0, 0.05) is 48.9 Å². The van der Waals surface area contributed by atoms with Crippen LogP contribution in [0.25, 0.3) is 0 Å². The van der Waals surface area contributed by atoms with Crippen molar-refractivity contribution < 1.29 is 9.47 Å². The van der Waals surface area contributed by atoms with Gasteiger partial charge in [0.05, 0.1) is 12.7 Å². The van der Waals surface area contributed by atoms with Crippen molar-refractivity contribution in [3.05, 3.63) is 59.9 Å². The Hall–Kier alpha value is -1.91. The number of benzene rings is 1. The molecule has 1 spiro atoms. The number of para-hydroxylation sites is 1. The minimum atomic E-state index is -0.196. The maximum absolute atomic E-state index is 6.48. The molecule has 2 fully saturated rings. The highest BCUT2D eigenvalue weighted by Crippen LogP contribution is 2.55. The predicted molar refractivity (Wildman–Crippen MR) is 99.9 cm³/mol. The summed E-state index contributed by atoms with van der Waals surface area (Å²) in [6.07, 6.45) is 5.08. The van der Waals surface area contributed by atoms with Crippen molar-refractivity contribution in [3.8, 4) is 5.75 Å². The smallest absolute Gasteiger partial charge is 0.125 e. The van der Waals surface area contributed by atoms with Gasteiger partial charge in [0.2, 0.25) is 0 Å². The summed E-state index contributed by atoms with van der Waals surface area (Å²) in [7, 11) is 0. The Labute approximate surface area is 155 Å². The topological polar surface area (TPSA) is 34.6 Å². The molecule has 136 valence electrons. The molecule has 0 amide bonds. The molecule has 4 heteroatoms. The van der Waals surface area contributed by atoms with Crippen LogP contribution in [0.5, 0.6) is 5.75 Å². The molecule has 0 N–H and O–H groups in total. The summed E-state index contributed by atoms with van der Waals surface area (Å²) >= 11 is 0. The summed E-state index contributed by atoms with van der Waals surface area (Å²) in [4.78, 5) is 6.62. The average Bonchev–Trinajstić information content (AvgIpc) is 2.61. The summed E-state index contributed by atoms with van der Waals surface area (Å²) in [6, 6.07) is 12.6. The van der Waals surface area contributed by atoms with Gasteiger partial charge in [-0.05, 0) is 44.0 Å². The van der Waals surface area contributed by atoms with Crippen LogP contribution >= 0.6 is 0 Å². The molecular formula is C22H26N2O2. The number of nitrogens with zero attached hydrogens (tertiary/aromatic N) is 2. The highest BCUT2D eigenvalue weighted by Gasteiger charge is 2.55. The van der Waals surface area contributed by atoms with Crippen LogP contribution in [0.1, 0.15) is 37.5 Å². The van der Waals surface area contributed by atoms with E-state index in [0.717, 1.165) is 32.0 Å². The lowest BCUT2D eigenvalue weighted by Gasteiger charge is -2.58. The first-order chi connectivity index (χ1) is 12.5. The molecule has 0 bridgehead atoms. The van der Waals surface area contributed by atoms with Gasteiger partial charge in [0.15, 0.2) is 0 Å². The highest BCUT2D eigenvalue weighted by atomic mass is 16.5. The maximum atomic E-state index is 6.48. The van der Waals surface area contributed by atoms with E-state index >= 15 is 0 Å². The fourth-order valence-electron chi connectivity index (χ4n) is 5.08. The Bertz CT molecular complexity index is 799. The van der Waals surface area contributed by atoms with Crippen LogP contribution in [-0.2, 0) is 11.3 Å². The molecule has 0 aliphatic carbocycles. The van der Waals surface area contributed by atoms with Crippen molar-refractivity contribution in [2.75, 3.05) is 19.7 Å². The maximum Gasteiger partial charge on any atom is 0.125 e. The summed E-state index contributed by atoms with van der Waals surface area (Å²) in [5.74, 6) is 1.39. The third-order valence-electron chi connectivity index (χ3n) is 6.35. The summed E-state index contributed by atoms with van der Waals surface area (Å²) in [6.45, 7) is 8.51. The lowest BCUT2D eigenvalue weighted by Crippen LogP contribution is -2.63. The van der Waals surface area contributed by atoms with Crippen LogP contribution < -0.4 is 4.74 Å². The zero-order chi connectivity index (χ0) is 17.8. The largest absolute Gasteiger partial charge is 0.487 e. The van der Waals surface area contributed by atoms with Crippen molar-refractivity contribution in [1.29, 1.82) is 0 Å². The van der Waals surface area contributed by atoms with Crippen LogP contribution in [0.4, 0.5) is 0 Å². The predicted octanol–water partition coefficient (Wildman–Crippen LogP) is 3.83. The molecule has 1 aromatic carbocycles. The lowest BCUT2D eigenvalue weighted by atomic mass is 9.64. The molecule has 2 atom stereocenters. The van der Waals surface area contributed by atoms with E-state index in [-0.39, 0.29) is 17.1 Å². The van der Waals surface area contributed by atoms with Crippen LogP contribution in [-0.4, -0.2) is 35.2 Å². The van der Waals surface area contributed by atoms with Gasteiger partial charge in [0.25, 0.3) is 0 Å². The third kappa shape index (κ3) is 2.63. The first kappa shape index (κ1) is 16.3. The first-order valence-electron chi connectivity index (χ1n) is 9.56. The van der Waals surface area contributed by atoms with Crippen molar-refractivity contribution in [2.45, 2.75) is 38.5 Å². The number of aromatic nitrogens is 1. The van der Waals surface area contributed by atoms with Crippen molar-refractivity contribution in [3.63, 3.8) is 0 Å². The summed E-state index contributed by atoms with van der Waals surface area (Å²) < 4.78 is 12.9. The van der Waals surface area contributed by atoms with E-state index in [4.69, 9.17) is 9.47 Å². The molecule has 5 rings (SSSR count). The van der Waals surface area contributed by atoms with Gasteiger partial charge in [-0.3, -0.25) is 9.88 Å². The minimum Gasteiger partial charge on any atom is -0.487 e. The Morgan fingerprint density at radius 2 is 1.88 bits per heavy atom. The fourth-order valence-corrected chi connectivity index (χ4v) is 5.08. The van der Waals surface area contributed by atoms with E-state index in [1.165, 1.54) is 17.5 Å². The number of fused-ring (bicyclic) bond motifs is 3. The molecular weight excluding hydrogens is 324 g/mol. The van der Waals surface area contributed by atoms with Gasteiger partial charge in [-0.1, -0.05) is 18.2 Å². The molecule has 2 aromatic rings. The quantitative estimate of drug-likeness (QED) is 0.824. The molecule has 0 saturated carbocycles. The van der Waals surface area contributed by atoms with Gasteiger partial charge in [-0.2, -0.15) is 0 Å². The fraction of sp³-hybridized carbons (Fsp3) is 0.500. The third-order valence-corrected chi connectivity index (χ3v) is 6.35. The van der Waals surface area contributed by atoms with Crippen LogP contribution in [0.3, 0.4) is 0 Å². The van der Waals surface area contributed by atoms with Crippen LogP contribution in [0, 0.1) is 11.3 Å².